The lowest BCUT2D eigenvalue weighted by molar-refractivity contribution is -0.128. The van der Waals surface area contributed by atoms with Crippen LogP contribution >= 0.6 is 0 Å². The first-order valence-corrected chi connectivity index (χ1v) is 1.12. The fraction of sp³-hybridized carbons (Fsp3) is 0.500. The summed E-state index contributed by atoms with van der Waals surface area (Å²) in [6.45, 7) is 0. The van der Waals surface area contributed by atoms with E-state index in [1.807, 2.05) is 0 Å². The Bertz CT molecular complexity index is 88.2. The molecule has 4 heteroatoms. The van der Waals surface area contributed by atoms with Crippen molar-refractivity contribution in [2.75, 3.05) is 0 Å². The van der Waals surface area contributed by atoms with E-state index in [4.69, 9.17) is 1.37 Å². The van der Waals surface area contributed by atoms with E-state index in [-0.39, 0.29) is 0 Å². The molecule has 0 spiro atoms. The lowest BCUT2D eigenvalue weighted by atomic mass is 10.7. The quantitative estimate of drug-likeness (QED) is 0.480. The molecule has 2 nitrogen and oxygen atoms in total. The fourth-order valence-electron chi connectivity index (χ4n) is 0. The molecule has 36 valence electrons. The van der Waals surface area contributed by atoms with E-state index in [0.29, 0.717) is 0 Å². The van der Waals surface area contributed by atoms with Gasteiger partial charge in [-0.05, 0) is 0 Å². The van der Waals surface area contributed by atoms with Gasteiger partial charge in [0, 0.05) is 0 Å². The Balaban J connectivity index is 3.79. The number of hydrogen-bond acceptors (Lipinski definition) is 1. The third-order valence-corrected chi connectivity index (χ3v) is 0.186. The number of carbonyl (C=O) groups excluding carboxylic acids is 1. The summed E-state index contributed by atoms with van der Waals surface area (Å²) in [5.74, 6) is -1.92. The van der Waals surface area contributed by atoms with E-state index in [2.05, 4.69) is 5.73 Å². The highest BCUT2D eigenvalue weighted by atomic mass is 19.3. The zero-order valence-electron chi connectivity index (χ0n) is 3.74. The number of primary amides is 1. The molecule has 0 radical (unpaired) electrons. The highest BCUT2D eigenvalue weighted by molar-refractivity contribution is 5.76. The normalized spacial score (nSPS) is 13.3. The van der Waals surface area contributed by atoms with Crippen molar-refractivity contribution in [3.63, 3.8) is 0 Å². The van der Waals surface area contributed by atoms with Crippen molar-refractivity contribution in [2.24, 2.45) is 5.73 Å². The Labute approximate surface area is 34.3 Å². The molecule has 1 amide bonds. The van der Waals surface area contributed by atoms with E-state index in [9.17, 15) is 13.6 Å². The summed E-state index contributed by atoms with van der Waals surface area (Å²) in [5, 5.41) is 0. The summed E-state index contributed by atoms with van der Waals surface area (Å²) < 4.78 is 27.7. The highest BCUT2D eigenvalue weighted by Gasteiger charge is 2.07. The fourth-order valence-corrected chi connectivity index (χ4v) is 0. The van der Waals surface area contributed by atoms with Gasteiger partial charge < -0.3 is 5.73 Å². The van der Waals surface area contributed by atoms with Crippen LogP contribution in [0.15, 0.2) is 0 Å². The summed E-state index contributed by atoms with van der Waals surface area (Å²) in [5.41, 5.74) is 3.99. The Kier molecular flexibility index (Phi) is 0.991. The maximum absolute atomic E-state index is 11.0. The van der Waals surface area contributed by atoms with Gasteiger partial charge in [-0.1, -0.05) is 0 Å². The molecule has 0 heterocycles. The molecule has 6 heavy (non-hydrogen) atoms. The first kappa shape index (κ1) is 3.52. The number of alkyl halides is 2. The van der Waals surface area contributed by atoms with Gasteiger partial charge in [0.25, 0.3) is 5.91 Å². The molecule has 0 atom stereocenters. The lowest BCUT2D eigenvalue weighted by Gasteiger charge is -1.82. The Morgan fingerprint density at radius 2 is 2.17 bits per heavy atom. The molecule has 0 aliphatic heterocycles. The molecule has 0 aromatic rings. The van der Waals surface area contributed by atoms with Crippen LogP contribution < -0.4 is 5.73 Å². The van der Waals surface area contributed by atoms with Gasteiger partial charge in [0.1, 0.15) is 1.37 Å². The Morgan fingerprint density at radius 3 is 2.17 bits per heavy atom. The van der Waals surface area contributed by atoms with Crippen LogP contribution in [0.1, 0.15) is 1.37 Å². The van der Waals surface area contributed by atoms with Gasteiger partial charge in [-0.15, -0.1) is 0 Å². The summed E-state index contributed by atoms with van der Waals surface area (Å²) >= 11 is 0. The summed E-state index contributed by atoms with van der Waals surface area (Å²) in [6, 6.07) is 0. The monoisotopic (exact) mass is 96.0 g/mol. The van der Waals surface area contributed by atoms with Crippen molar-refractivity contribution in [3.8, 4) is 0 Å². The van der Waals surface area contributed by atoms with Crippen LogP contribution in [0.5, 0.6) is 0 Å². The molecular weight excluding hydrogens is 92.0 g/mol. The number of nitrogens with two attached hydrogens (primary N) is 1. The van der Waals surface area contributed by atoms with Gasteiger partial charge in [-0.2, -0.15) is 8.78 Å². The third-order valence-electron chi connectivity index (χ3n) is 0.186. The maximum Gasteiger partial charge on any atom is 0.315 e. The van der Waals surface area contributed by atoms with Crippen molar-refractivity contribution in [1.82, 2.24) is 0 Å². The number of amides is 1. The summed E-state index contributed by atoms with van der Waals surface area (Å²) in [6.07, 6.45) is -4.11. The van der Waals surface area contributed by atoms with E-state index >= 15 is 0 Å². The van der Waals surface area contributed by atoms with E-state index in [0.717, 1.165) is 0 Å². The van der Waals surface area contributed by atoms with Crippen LogP contribution in [0.3, 0.4) is 0 Å². The van der Waals surface area contributed by atoms with Crippen molar-refractivity contribution < 1.29 is 14.9 Å². The molecule has 2 N–H and O–H groups in total. The van der Waals surface area contributed by atoms with Crippen molar-refractivity contribution in [3.05, 3.63) is 0 Å². The highest BCUT2D eigenvalue weighted by Crippen LogP contribution is 1.85. The molecule has 0 bridgehead atoms. The smallest absolute Gasteiger partial charge is 0.315 e. The molecule has 0 rings (SSSR count). The average molecular weight is 96.1 g/mol. The molecule has 0 aliphatic carbocycles. The van der Waals surface area contributed by atoms with Gasteiger partial charge in [0.05, 0.1) is 0 Å². The van der Waals surface area contributed by atoms with Crippen molar-refractivity contribution >= 4 is 5.91 Å². The second-order valence-electron chi connectivity index (χ2n) is 0.625. The van der Waals surface area contributed by atoms with Gasteiger partial charge in [0.2, 0.25) is 0 Å². The minimum absolute atomic E-state index is 1.92. The van der Waals surface area contributed by atoms with E-state index < -0.39 is 12.3 Å². The molecule has 0 saturated heterocycles. The number of halogens is 2. The van der Waals surface area contributed by atoms with Crippen LogP contribution in [0.25, 0.3) is 0 Å². The van der Waals surface area contributed by atoms with Gasteiger partial charge in [-0.25, -0.2) is 0 Å². The topological polar surface area (TPSA) is 43.1 Å². The molecule has 0 fully saturated rings. The Morgan fingerprint density at radius 1 is 2.00 bits per heavy atom. The first-order chi connectivity index (χ1) is 2.94. The van der Waals surface area contributed by atoms with Crippen LogP contribution in [0.4, 0.5) is 8.78 Å². The van der Waals surface area contributed by atoms with Crippen LogP contribution in [0.2, 0.25) is 0 Å². The SMILES string of the molecule is [2H]C(F)(F)C(N)=O. The molecule has 0 aliphatic rings. The van der Waals surface area contributed by atoms with E-state index in [1.165, 1.54) is 0 Å². The van der Waals surface area contributed by atoms with Crippen molar-refractivity contribution in [2.45, 2.75) is 6.40 Å². The predicted molar refractivity (Wildman–Crippen MR) is 15.2 cm³/mol. The number of carbonyl (C=O) groups is 1. The van der Waals surface area contributed by atoms with Crippen LogP contribution in [0, 0.1) is 0 Å². The molecule has 0 aromatic carbocycles. The standard InChI is InChI=1S/C2H3F2NO/c3-1(4)2(5)6/h1H,(H2,5,6)/i1D. The van der Waals surface area contributed by atoms with Gasteiger partial charge >= 0.3 is 6.40 Å². The second kappa shape index (κ2) is 1.69. The summed E-state index contributed by atoms with van der Waals surface area (Å²) in [7, 11) is 0. The second-order valence-corrected chi connectivity index (χ2v) is 0.625. The summed E-state index contributed by atoms with van der Waals surface area (Å²) in [4.78, 5) is 9.31. The Hall–Kier alpha value is -0.670. The molecule has 0 aromatic heterocycles. The predicted octanol–water partition coefficient (Wildman–Crippen LogP) is -0.263. The van der Waals surface area contributed by atoms with E-state index in [1.54, 1.807) is 0 Å². The average Bonchev–Trinajstić information content (AvgIpc) is 1.31. The van der Waals surface area contributed by atoms with Gasteiger partial charge in [-0.3, -0.25) is 4.79 Å². The van der Waals surface area contributed by atoms with Gasteiger partial charge in [0.15, 0.2) is 0 Å². The largest absolute Gasteiger partial charge is 0.365 e. The zero-order valence-corrected chi connectivity index (χ0v) is 2.74. The zero-order chi connectivity index (χ0) is 6.08. The first-order valence-electron chi connectivity index (χ1n) is 1.62. The molecule has 0 unspecified atom stereocenters. The maximum atomic E-state index is 11.0. The number of rotatable bonds is 1. The van der Waals surface area contributed by atoms with Crippen LogP contribution in [-0.2, 0) is 4.79 Å². The minimum atomic E-state index is -4.11. The lowest BCUT2D eigenvalue weighted by Crippen LogP contribution is -2.19. The third kappa shape index (κ3) is 1.63. The molecular formula is C2H3F2NO. The minimum Gasteiger partial charge on any atom is -0.365 e. The number of hydrogen-bond donors (Lipinski definition) is 1. The van der Waals surface area contributed by atoms with Crippen LogP contribution in [-0.4, -0.2) is 12.3 Å². The van der Waals surface area contributed by atoms with Crippen molar-refractivity contribution in [1.29, 1.82) is 0 Å². The molecule has 0 saturated carbocycles.